The lowest BCUT2D eigenvalue weighted by atomic mass is 10.2. The van der Waals surface area contributed by atoms with Crippen molar-refractivity contribution in [2.75, 3.05) is 0 Å². The molecular formula is C11H8N4O. The Kier molecular flexibility index (Phi) is 2.40. The summed E-state index contributed by atoms with van der Waals surface area (Å²) in [4.78, 5) is 10.9. The summed E-state index contributed by atoms with van der Waals surface area (Å²) in [6, 6.07) is 10.5. The highest BCUT2D eigenvalue weighted by Gasteiger charge is 2.05. The van der Waals surface area contributed by atoms with Crippen molar-refractivity contribution >= 4 is 5.91 Å². The SMILES string of the molecule is N#Cc1cccc(-n2ccc(C(N)=O)n2)c1. The van der Waals surface area contributed by atoms with Crippen molar-refractivity contribution in [3.05, 3.63) is 47.8 Å². The van der Waals surface area contributed by atoms with E-state index in [1.54, 1.807) is 30.5 Å². The number of rotatable bonds is 2. The van der Waals surface area contributed by atoms with Gasteiger partial charge in [-0.1, -0.05) is 6.07 Å². The minimum Gasteiger partial charge on any atom is -0.364 e. The van der Waals surface area contributed by atoms with Gasteiger partial charge in [0.1, 0.15) is 5.69 Å². The first-order valence-electron chi connectivity index (χ1n) is 4.57. The summed E-state index contributed by atoms with van der Waals surface area (Å²) in [5.74, 6) is -0.574. The second-order valence-corrected chi connectivity index (χ2v) is 3.17. The van der Waals surface area contributed by atoms with Gasteiger partial charge in [-0.15, -0.1) is 0 Å². The normalized spacial score (nSPS) is 9.69. The Bertz CT molecular complexity index is 580. The largest absolute Gasteiger partial charge is 0.364 e. The Morgan fingerprint density at radius 3 is 2.88 bits per heavy atom. The fourth-order valence-corrected chi connectivity index (χ4v) is 1.32. The van der Waals surface area contributed by atoms with Gasteiger partial charge in [0.15, 0.2) is 0 Å². The van der Waals surface area contributed by atoms with Gasteiger partial charge in [-0.05, 0) is 24.3 Å². The number of carbonyl (C=O) groups is 1. The van der Waals surface area contributed by atoms with E-state index in [2.05, 4.69) is 5.10 Å². The van der Waals surface area contributed by atoms with E-state index < -0.39 is 5.91 Å². The van der Waals surface area contributed by atoms with E-state index >= 15 is 0 Å². The third-order valence-corrected chi connectivity index (χ3v) is 2.08. The zero-order valence-electron chi connectivity index (χ0n) is 8.29. The van der Waals surface area contributed by atoms with Crippen molar-refractivity contribution in [3.8, 4) is 11.8 Å². The van der Waals surface area contributed by atoms with Crippen molar-refractivity contribution in [3.63, 3.8) is 0 Å². The summed E-state index contributed by atoms with van der Waals surface area (Å²) in [5, 5.41) is 12.7. The fraction of sp³-hybridized carbons (Fsp3) is 0. The van der Waals surface area contributed by atoms with Crippen LogP contribution in [0.5, 0.6) is 0 Å². The molecule has 1 heterocycles. The standard InChI is InChI=1S/C11H8N4O/c12-7-8-2-1-3-9(6-8)15-5-4-10(14-15)11(13)16/h1-6H,(H2,13,16). The number of nitrogens with two attached hydrogens (primary N) is 1. The number of aromatic nitrogens is 2. The number of carbonyl (C=O) groups excluding carboxylic acids is 1. The Morgan fingerprint density at radius 1 is 1.44 bits per heavy atom. The van der Waals surface area contributed by atoms with Gasteiger partial charge in [-0.3, -0.25) is 4.79 Å². The lowest BCUT2D eigenvalue weighted by Crippen LogP contribution is -2.12. The Labute approximate surface area is 91.7 Å². The molecule has 16 heavy (non-hydrogen) atoms. The quantitative estimate of drug-likeness (QED) is 0.800. The third kappa shape index (κ3) is 1.77. The fourth-order valence-electron chi connectivity index (χ4n) is 1.32. The lowest BCUT2D eigenvalue weighted by Gasteiger charge is -2.00. The number of benzene rings is 1. The molecule has 5 nitrogen and oxygen atoms in total. The Morgan fingerprint density at radius 2 is 2.25 bits per heavy atom. The number of nitrogens with zero attached hydrogens (tertiary/aromatic N) is 3. The highest BCUT2D eigenvalue weighted by Crippen LogP contribution is 2.09. The molecule has 0 unspecified atom stereocenters. The molecule has 1 amide bonds. The number of hydrogen-bond acceptors (Lipinski definition) is 3. The van der Waals surface area contributed by atoms with Crippen LogP contribution in [0.1, 0.15) is 16.1 Å². The molecule has 0 atom stereocenters. The first-order chi connectivity index (χ1) is 7.70. The van der Waals surface area contributed by atoms with Crippen molar-refractivity contribution in [2.24, 2.45) is 5.73 Å². The number of nitriles is 1. The van der Waals surface area contributed by atoms with Crippen LogP contribution >= 0.6 is 0 Å². The molecular weight excluding hydrogens is 204 g/mol. The van der Waals surface area contributed by atoms with Gasteiger partial charge in [0.2, 0.25) is 0 Å². The van der Waals surface area contributed by atoms with Crippen LogP contribution in [-0.2, 0) is 0 Å². The smallest absolute Gasteiger partial charge is 0.269 e. The van der Waals surface area contributed by atoms with Crippen molar-refractivity contribution in [1.82, 2.24) is 9.78 Å². The summed E-state index contributed by atoms with van der Waals surface area (Å²) >= 11 is 0. The van der Waals surface area contributed by atoms with E-state index in [4.69, 9.17) is 11.0 Å². The Balaban J connectivity index is 2.43. The molecule has 1 aromatic carbocycles. The minimum absolute atomic E-state index is 0.197. The Hall–Kier alpha value is -2.61. The maximum absolute atomic E-state index is 10.9. The van der Waals surface area contributed by atoms with Gasteiger partial charge in [0, 0.05) is 6.20 Å². The molecule has 0 bridgehead atoms. The van der Waals surface area contributed by atoms with Crippen LogP contribution in [0.25, 0.3) is 5.69 Å². The van der Waals surface area contributed by atoms with E-state index in [9.17, 15) is 4.79 Å². The molecule has 1 aromatic heterocycles. The van der Waals surface area contributed by atoms with Gasteiger partial charge in [0.25, 0.3) is 5.91 Å². The molecule has 0 spiro atoms. The van der Waals surface area contributed by atoms with Crippen molar-refractivity contribution < 1.29 is 4.79 Å². The second kappa shape index (κ2) is 3.87. The molecule has 5 heteroatoms. The highest BCUT2D eigenvalue weighted by atomic mass is 16.1. The lowest BCUT2D eigenvalue weighted by molar-refractivity contribution is 0.0995. The minimum atomic E-state index is -0.574. The average molecular weight is 212 g/mol. The predicted molar refractivity (Wildman–Crippen MR) is 56.8 cm³/mol. The van der Waals surface area contributed by atoms with Crippen LogP contribution < -0.4 is 5.73 Å². The molecule has 0 saturated carbocycles. The molecule has 0 fully saturated rings. The molecule has 2 N–H and O–H groups in total. The number of hydrogen-bond donors (Lipinski definition) is 1. The molecule has 2 aromatic rings. The summed E-state index contributed by atoms with van der Waals surface area (Å²) in [6.45, 7) is 0. The molecule has 0 aliphatic heterocycles. The van der Waals surface area contributed by atoms with Crippen LogP contribution in [0.3, 0.4) is 0 Å². The zero-order chi connectivity index (χ0) is 11.5. The van der Waals surface area contributed by atoms with Gasteiger partial charge in [0.05, 0.1) is 17.3 Å². The molecule has 0 aliphatic rings. The second-order valence-electron chi connectivity index (χ2n) is 3.17. The van der Waals surface area contributed by atoms with Gasteiger partial charge in [-0.25, -0.2) is 4.68 Å². The van der Waals surface area contributed by atoms with Gasteiger partial charge < -0.3 is 5.73 Å². The van der Waals surface area contributed by atoms with Crippen LogP contribution in [0, 0.1) is 11.3 Å². The highest BCUT2D eigenvalue weighted by molar-refractivity contribution is 5.90. The van der Waals surface area contributed by atoms with E-state index in [-0.39, 0.29) is 5.69 Å². The van der Waals surface area contributed by atoms with Crippen LogP contribution in [0.2, 0.25) is 0 Å². The molecule has 0 radical (unpaired) electrons. The van der Waals surface area contributed by atoms with Gasteiger partial charge in [-0.2, -0.15) is 10.4 Å². The summed E-state index contributed by atoms with van der Waals surface area (Å²) in [6.07, 6.45) is 1.62. The van der Waals surface area contributed by atoms with Crippen molar-refractivity contribution in [1.29, 1.82) is 5.26 Å². The zero-order valence-corrected chi connectivity index (χ0v) is 8.29. The molecule has 2 rings (SSSR count). The average Bonchev–Trinajstić information content (AvgIpc) is 2.78. The summed E-state index contributed by atoms with van der Waals surface area (Å²) in [7, 11) is 0. The summed E-state index contributed by atoms with van der Waals surface area (Å²) in [5.41, 5.74) is 6.54. The maximum atomic E-state index is 10.9. The van der Waals surface area contributed by atoms with Gasteiger partial charge >= 0.3 is 0 Å². The molecule has 0 saturated heterocycles. The maximum Gasteiger partial charge on any atom is 0.269 e. The summed E-state index contributed by atoms with van der Waals surface area (Å²) < 4.78 is 1.50. The number of primary amides is 1. The monoisotopic (exact) mass is 212 g/mol. The third-order valence-electron chi connectivity index (χ3n) is 2.08. The van der Waals surface area contributed by atoms with Crippen molar-refractivity contribution in [2.45, 2.75) is 0 Å². The van der Waals surface area contributed by atoms with E-state index in [0.717, 1.165) is 0 Å². The number of amides is 1. The van der Waals surface area contributed by atoms with E-state index in [0.29, 0.717) is 11.3 Å². The molecule has 78 valence electrons. The van der Waals surface area contributed by atoms with Crippen LogP contribution in [-0.4, -0.2) is 15.7 Å². The van der Waals surface area contributed by atoms with Crippen LogP contribution in [0.15, 0.2) is 36.5 Å². The first kappa shape index (κ1) is 9.93. The van der Waals surface area contributed by atoms with Crippen LogP contribution in [0.4, 0.5) is 0 Å². The predicted octanol–water partition coefficient (Wildman–Crippen LogP) is 0.843. The first-order valence-corrected chi connectivity index (χ1v) is 4.57. The topological polar surface area (TPSA) is 84.7 Å². The molecule has 0 aliphatic carbocycles. The van der Waals surface area contributed by atoms with E-state index in [1.807, 2.05) is 6.07 Å². The van der Waals surface area contributed by atoms with E-state index in [1.165, 1.54) is 10.7 Å².